The summed E-state index contributed by atoms with van der Waals surface area (Å²) in [5.41, 5.74) is 5.47. The van der Waals surface area contributed by atoms with E-state index in [-0.39, 0.29) is 17.3 Å². The average Bonchev–Trinajstić information content (AvgIpc) is 3.09. The molecule has 4 aromatic carbocycles. The van der Waals surface area contributed by atoms with Gasteiger partial charge in [0.05, 0.1) is 11.1 Å². The van der Waals surface area contributed by atoms with Gasteiger partial charge in [-0.2, -0.15) is 0 Å². The first-order chi connectivity index (χ1) is 17.2. The van der Waals surface area contributed by atoms with Gasteiger partial charge in [-0.3, -0.25) is 0 Å². The number of benzene rings is 4. The van der Waals surface area contributed by atoms with Crippen LogP contribution in [0.1, 0.15) is 54.8 Å². The second-order valence-electron chi connectivity index (χ2n) is 9.47. The summed E-state index contributed by atoms with van der Waals surface area (Å²) in [5.74, 6) is -0.942. The van der Waals surface area contributed by atoms with Gasteiger partial charge in [0, 0.05) is 17.3 Å². The van der Waals surface area contributed by atoms with E-state index in [9.17, 15) is 9.59 Å². The fraction of sp³-hybridized carbons (Fsp3) is 0.161. The molecule has 0 aliphatic heterocycles. The third-order valence-corrected chi connectivity index (χ3v) is 7.95. The summed E-state index contributed by atoms with van der Waals surface area (Å²) in [7, 11) is 0. The first kappa shape index (κ1) is 20.2. The van der Waals surface area contributed by atoms with Crippen LogP contribution in [-0.4, -0.2) is 24.1 Å². The zero-order valence-corrected chi connectivity index (χ0v) is 18.8. The summed E-state index contributed by atoms with van der Waals surface area (Å²) >= 11 is 0. The lowest BCUT2D eigenvalue weighted by molar-refractivity contribution is -0.0318. The van der Waals surface area contributed by atoms with Crippen molar-refractivity contribution in [2.24, 2.45) is 0 Å². The summed E-state index contributed by atoms with van der Waals surface area (Å²) in [6.07, 6.45) is -1.19. The highest BCUT2D eigenvalue weighted by molar-refractivity contribution is 5.91. The quantitative estimate of drug-likeness (QED) is 0.372. The van der Waals surface area contributed by atoms with Crippen LogP contribution in [0, 0.1) is 0 Å². The molecule has 4 heteroatoms. The smallest absolute Gasteiger partial charge is 0.338 e. The van der Waals surface area contributed by atoms with Gasteiger partial charge in [-0.05, 0) is 46.5 Å². The van der Waals surface area contributed by atoms with Gasteiger partial charge >= 0.3 is 11.9 Å². The number of hydrogen-bond donors (Lipinski definition) is 0. The van der Waals surface area contributed by atoms with Crippen molar-refractivity contribution >= 4 is 11.9 Å². The summed E-state index contributed by atoms with van der Waals surface area (Å²) in [4.78, 5) is 26.5. The van der Waals surface area contributed by atoms with Gasteiger partial charge in [-0.15, -0.1) is 0 Å². The molecule has 4 nitrogen and oxygen atoms in total. The van der Waals surface area contributed by atoms with E-state index >= 15 is 0 Å². The number of esters is 2. The van der Waals surface area contributed by atoms with E-state index in [4.69, 9.17) is 9.47 Å². The molecule has 7 rings (SSSR count). The van der Waals surface area contributed by atoms with E-state index in [1.165, 1.54) is 11.1 Å². The van der Waals surface area contributed by atoms with Crippen LogP contribution in [0.5, 0.6) is 0 Å². The zero-order chi connectivity index (χ0) is 23.6. The van der Waals surface area contributed by atoms with Crippen molar-refractivity contribution in [1.82, 2.24) is 0 Å². The minimum absolute atomic E-state index is 0.0696. The van der Waals surface area contributed by atoms with Gasteiger partial charge < -0.3 is 9.47 Å². The molecule has 3 unspecified atom stereocenters. The maximum Gasteiger partial charge on any atom is 0.338 e. The largest absolute Gasteiger partial charge is 0.454 e. The van der Waals surface area contributed by atoms with Crippen LogP contribution in [0.2, 0.25) is 0 Å². The highest BCUT2D eigenvalue weighted by atomic mass is 16.6. The second kappa shape index (κ2) is 7.41. The summed E-state index contributed by atoms with van der Waals surface area (Å²) in [5, 5.41) is 0. The number of fused-ring (bicyclic) bond motifs is 4. The lowest BCUT2D eigenvalue weighted by atomic mass is 9.44. The molecule has 3 aliphatic carbocycles. The minimum atomic E-state index is -0.595. The van der Waals surface area contributed by atoms with Crippen LogP contribution in [0.3, 0.4) is 0 Å². The van der Waals surface area contributed by atoms with E-state index in [1.807, 2.05) is 48.5 Å². The second-order valence-corrected chi connectivity index (χ2v) is 9.47. The van der Waals surface area contributed by atoms with Gasteiger partial charge in [-0.25, -0.2) is 9.59 Å². The SMILES string of the molecule is O=C(OC1C(OC(=O)c2ccccc2)[C@H]2c3ccccc3[C@@]23c2ccccc2C13)c1ccccc1. The Hall–Kier alpha value is -4.18. The number of rotatable bonds is 4. The molecule has 1 spiro atoms. The molecule has 1 saturated carbocycles. The Morgan fingerprint density at radius 1 is 0.514 bits per heavy atom. The first-order valence-electron chi connectivity index (χ1n) is 11.9. The lowest BCUT2D eigenvalue weighted by Crippen LogP contribution is -2.53. The molecule has 3 aliphatic rings. The molecule has 0 radical (unpaired) electrons. The van der Waals surface area contributed by atoms with E-state index < -0.39 is 24.1 Å². The average molecular weight is 459 g/mol. The molecule has 0 heterocycles. The van der Waals surface area contributed by atoms with Crippen LogP contribution < -0.4 is 0 Å². The van der Waals surface area contributed by atoms with Crippen LogP contribution in [0.25, 0.3) is 0 Å². The van der Waals surface area contributed by atoms with Crippen molar-refractivity contribution in [2.75, 3.05) is 0 Å². The van der Waals surface area contributed by atoms with Crippen LogP contribution in [-0.2, 0) is 14.9 Å². The van der Waals surface area contributed by atoms with E-state index in [1.54, 1.807) is 24.3 Å². The highest BCUT2D eigenvalue weighted by Crippen LogP contribution is 2.76. The molecule has 0 N–H and O–H groups in total. The summed E-state index contributed by atoms with van der Waals surface area (Å²) in [6.45, 7) is 0. The molecular formula is C31H22O4. The van der Waals surface area contributed by atoms with Crippen molar-refractivity contribution in [3.63, 3.8) is 0 Å². The molecule has 4 aromatic rings. The standard InChI is InChI=1S/C31H22O4/c32-29(19-11-3-1-4-12-19)34-27-25-21-15-7-9-17-23(21)31(25)24-18-10-8-16-22(24)26(31)28(27)35-30(33)20-13-5-2-6-14-20/h1-18,25-28H/t25-,26?,27?,28?,31-/m1/s1. The number of hydrogen-bond acceptors (Lipinski definition) is 4. The molecule has 0 saturated heterocycles. The third-order valence-electron chi connectivity index (χ3n) is 7.95. The molecule has 0 aromatic heterocycles. The summed E-state index contributed by atoms with van der Waals surface area (Å²) < 4.78 is 12.5. The minimum Gasteiger partial charge on any atom is -0.454 e. The van der Waals surface area contributed by atoms with Crippen molar-refractivity contribution in [3.8, 4) is 0 Å². The van der Waals surface area contributed by atoms with Gasteiger partial charge in [0.25, 0.3) is 0 Å². The molecule has 1 fully saturated rings. The fourth-order valence-electron chi connectivity index (χ4n) is 6.69. The third kappa shape index (κ3) is 2.62. The van der Waals surface area contributed by atoms with Crippen LogP contribution in [0.15, 0.2) is 109 Å². The molecule has 5 atom stereocenters. The Bertz CT molecular complexity index is 1350. The molecule has 35 heavy (non-hydrogen) atoms. The molecule has 0 bridgehead atoms. The Labute approximate surface area is 203 Å². The van der Waals surface area contributed by atoms with Gasteiger partial charge in [-0.1, -0.05) is 84.9 Å². The zero-order valence-electron chi connectivity index (χ0n) is 18.8. The number of carbonyl (C=O) groups excluding carboxylic acids is 2. The van der Waals surface area contributed by atoms with E-state index in [0.717, 1.165) is 11.1 Å². The number of ether oxygens (including phenoxy) is 2. The van der Waals surface area contributed by atoms with Crippen molar-refractivity contribution in [2.45, 2.75) is 29.5 Å². The molecular weight excluding hydrogens is 436 g/mol. The first-order valence-corrected chi connectivity index (χ1v) is 11.9. The summed E-state index contributed by atoms with van der Waals surface area (Å²) in [6, 6.07) is 34.7. The maximum atomic E-state index is 13.2. The Morgan fingerprint density at radius 2 is 0.886 bits per heavy atom. The van der Waals surface area contributed by atoms with E-state index in [2.05, 4.69) is 36.4 Å². The van der Waals surface area contributed by atoms with Gasteiger partial charge in [0.1, 0.15) is 12.2 Å². The van der Waals surface area contributed by atoms with Crippen LogP contribution >= 0.6 is 0 Å². The monoisotopic (exact) mass is 458 g/mol. The topological polar surface area (TPSA) is 52.6 Å². The Balaban J connectivity index is 1.34. The van der Waals surface area contributed by atoms with Crippen molar-refractivity contribution in [3.05, 3.63) is 143 Å². The lowest BCUT2D eigenvalue weighted by Gasteiger charge is -2.58. The van der Waals surface area contributed by atoms with Crippen molar-refractivity contribution < 1.29 is 19.1 Å². The predicted molar refractivity (Wildman–Crippen MR) is 130 cm³/mol. The normalized spacial score (nSPS) is 26.6. The highest BCUT2D eigenvalue weighted by Gasteiger charge is 2.76. The van der Waals surface area contributed by atoms with Crippen LogP contribution in [0.4, 0.5) is 0 Å². The predicted octanol–water partition coefficient (Wildman–Crippen LogP) is 5.63. The number of carbonyl (C=O) groups is 2. The van der Waals surface area contributed by atoms with Gasteiger partial charge in [0.15, 0.2) is 0 Å². The Kier molecular flexibility index (Phi) is 4.28. The van der Waals surface area contributed by atoms with Crippen molar-refractivity contribution in [1.29, 1.82) is 0 Å². The van der Waals surface area contributed by atoms with Gasteiger partial charge in [0.2, 0.25) is 0 Å². The van der Waals surface area contributed by atoms with E-state index in [0.29, 0.717) is 11.1 Å². The Morgan fingerprint density at radius 3 is 1.31 bits per heavy atom. The maximum absolute atomic E-state index is 13.2. The molecule has 0 amide bonds. The molecule has 170 valence electrons. The fourth-order valence-corrected chi connectivity index (χ4v) is 6.69.